The van der Waals surface area contributed by atoms with Gasteiger partial charge in [0.25, 0.3) is 5.91 Å². The summed E-state index contributed by atoms with van der Waals surface area (Å²) in [5, 5.41) is 4.84. The molecule has 0 spiro atoms. The molecule has 0 aliphatic heterocycles. The maximum atomic E-state index is 12.2. The van der Waals surface area contributed by atoms with Crippen LogP contribution in [0.3, 0.4) is 0 Å². The fourth-order valence-electron chi connectivity index (χ4n) is 3.06. The highest BCUT2D eigenvalue weighted by atomic mass is 35.5. The number of carbonyl (C=O) groups is 1. The molecule has 1 unspecified atom stereocenters. The number of nitrogens with zero attached hydrogens (tertiary/aromatic N) is 1. The van der Waals surface area contributed by atoms with Gasteiger partial charge in [-0.15, -0.1) is 11.3 Å². The SMILES string of the molecule is Cc1cc(OC(C)C(=O)NCCCc2nc3c(s2)CCCC3)ccc1Cl. The van der Waals surface area contributed by atoms with E-state index in [-0.39, 0.29) is 5.91 Å². The molecule has 1 N–H and O–H groups in total. The van der Waals surface area contributed by atoms with Gasteiger partial charge in [0, 0.05) is 22.9 Å². The first-order chi connectivity index (χ1) is 12.5. The number of hydrogen-bond donors (Lipinski definition) is 1. The Kier molecular flexibility index (Phi) is 6.54. The van der Waals surface area contributed by atoms with Crippen LogP contribution in [0, 0.1) is 6.92 Å². The van der Waals surface area contributed by atoms with E-state index in [1.807, 2.05) is 24.3 Å². The van der Waals surface area contributed by atoms with E-state index in [4.69, 9.17) is 21.3 Å². The normalized spacial score (nSPS) is 14.6. The lowest BCUT2D eigenvalue weighted by Gasteiger charge is -2.15. The van der Waals surface area contributed by atoms with Crippen molar-refractivity contribution in [2.24, 2.45) is 0 Å². The standard InChI is InChI=1S/C20H25ClN2O2S/c1-13-12-15(9-10-16(13)21)25-14(2)20(24)22-11-5-8-19-23-17-6-3-4-7-18(17)26-19/h9-10,12,14H,3-8,11H2,1-2H3,(H,22,24). The Labute approximate surface area is 163 Å². The average Bonchev–Trinajstić information content (AvgIpc) is 3.04. The van der Waals surface area contributed by atoms with Crippen molar-refractivity contribution in [1.82, 2.24) is 10.3 Å². The summed E-state index contributed by atoms with van der Waals surface area (Å²) in [6.45, 7) is 4.31. The zero-order valence-electron chi connectivity index (χ0n) is 15.3. The fourth-order valence-corrected chi connectivity index (χ4v) is 4.37. The Balaban J connectivity index is 1.40. The molecule has 0 fully saturated rings. The Morgan fingerprint density at radius 3 is 2.96 bits per heavy atom. The smallest absolute Gasteiger partial charge is 0.260 e. The van der Waals surface area contributed by atoms with Crippen molar-refractivity contribution in [3.05, 3.63) is 44.4 Å². The second-order valence-electron chi connectivity index (χ2n) is 6.75. The lowest BCUT2D eigenvalue weighted by Crippen LogP contribution is -2.36. The first-order valence-electron chi connectivity index (χ1n) is 9.21. The van der Waals surface area contributed by atoms with Gasteiger partial charge in [-0.1, -0.05) is 11.6 Å². The summed E-state index contributed by atoms with van der Waals surface area (Å²) in [6, 6.07) is 5.41. The van der Waals surface area contributed by atoms with Crippen LogP contribution >= 0.6 is 22.9 Å². The van der Waals surface area contributed by atoms with E-state index in [2.05, 4.69) is 5.32 Å². The van der Waals surface area contributed by atoms with Gasteiger partial charge in [0.05, 0.1) is 10.7 Å². The van der Waals surface area contributed by atoms with Crippen LogP contribution in [0.25, 0.3) is 0 Å². The van der Waals surface area contributed by atoms with Crippen LogP contribution in [0.5, 0.6) is 5.75 Å². The van der Waals surface area contributed by atoms with Gasteiger partial charge in [0.15, 0.2) is 6.10 Å². The highest BCUT2D eigenvalue weighted by Crippen LogP contribution is 2.27. The topological polar surface area (TPSA) is 51.2 Å². The molecule has 0 radical (unpaired) electrons. The first kappa shape index (κ1) is 19.2. The van der Waals surface area contributed by atoms with Crippen molar-refractivity contribution in [2.45, 2.75) is 58.5 Å². The maximum absolute atomic E-state index is 12.2. The van der Waals surface area contributed by atoms with Crippen LogP contribution < -0.4 is 10.1 Å². The maximum Gasteiger partial charge on any atom is 0.260 e. The Morgan fingerprint density at radius 1 is 1.38 bits per heavy atom. The van der Waals surface area contributed by atoms with Crippen LogP contribution in [-0.2, 0) is 24.1 Å². The van der Waals surface area contributed by atoms with Gasteiger partial charge in [-0.05, 0) is 69.7 Å². The monoisotopic (exact) mass is 392 g/mol. The number of nitrogens with one attached hydrogen (secondary N) is 1. The van der Waals surface area contributed by atoms with E-state index < -0.39 is 6.10 Å². The molecule has 26 heavy (non-hydrogen) atoms. The number of ether oxygens (including phenoxy) is 1. The molecule has 0 saturated carbocycles. The molecule has 3 rings (SSSR count). The molecular formula is C20H25ClN2O2S. The van der Waals surface area contributed by atoms with Crippen LogP contribution in [0.4, 0.5) is 0 Å². The van der Waals surface area contributed by atoms with Crippen LogP contribution in [0.2, 0.25) is 5.02 Å². The van der Waals surface area contributed by atoms with Crippen molar-refractivity contribution in [2.75, 3.05) is 6.54 Å². The van der Waals surface area contributed by atoms with Crippen LogP contribution in [-0.4, -0.2) is 23.5 Å². The minimum Gasteiger partial charge on any atom is -0.481 e. The summed E-state index contributed by atoms with van der Waals surface area (Å²) in [5.74, 6) is 0.555. The van der Waals surface area contributed by atoms with Gasteiger partial charge in [0.2, 0.25) is 0 Å². The second kappa shape index (κ2) is 8.87. The van der Waals surface area contributed by atoms with Gasteiger partial charge < -0.3 is 10.1 Å². The van der Waals surface area contributed by atoms with Gasteiger partial charge >= 0.3 is 0 Å². The van der Waals surface area contributed by atoms with Crippen LogP contribution in [0.15, 0.2) is 18.2 Å². The van der Waals surface area contributed by atoms with Gasteiger partial charge in [0.1, 0.15) is 5.75 Å². The number of halogens is 1. The average molecular weight is 393 g/mol. The van der Waals surface area contributed by atoms with Crippen molar-refractivity contribution < 1.29 is 9.53 Å². The molecule has 1 amide bonds. The molecule has 1 atom stereocenters. The van der Waals surface area contributed by atoms with Crippen molar-refractivity contribution in [3.63, 3.8) is 0 Å². The molecule has 1 aliphatic carbocycles. The number of carbonyl (C=O) groups excluding carboxylic acids is 1. The minimum absolute atomic E-state index is 0.101. The number of benzene rings is 1. The minimum atomic E-state index is -0.539. The highest BCUT2D eigenvalue weighted by Gasteiger charge is 2.16. The summed E-state index contributed by atoms with van der Waals surface area (Å²) in [4.78, 5) is 18.4. The van der Waals surface area contributed by atoms with E-state index in [9.17, 15) is 4.79 Å². The largest absolute Gasteiger partial charge is 0.481 e. The van der Waals surface area contributed by atoms with E-state index in [0.29, 0.717) is 17.3 Å². The summed E-state index contributed by atoms with van der Waals surface area (Å²) in [5.41, 5.74) is 2.24. The Morgan fingerprint density at radius 2 is 2.19 bits per heavy atom. The number of aromatic nitrogens is 1. The molecule has 1 aliphatic rings. The number of hydrogen-bond acceptors (Lipinski definition) is 4. The van der Waals surface area contributed by atoms with Crippen molar-refractivity contribution in [1.29, 1.82) is 0 Å². The molecule has 140 valence electrons. The third kappa shape index (κ3) is 4.98. The molecule has 2 aromatic rings. The number of amides is 1. The number of rotatable bonds is 7. The number of fused-ring (bicyclic) bond motifs is 1. The quantitative estimate of drug-likeness (QED) is 0.706. The van der Waals surface area contributed by atoms with E-state index in [0.717, 1.165) is 24.8 Å². The molecule has 6 heteroatoms. The summed E-state index contributed by atoms with van der Waals surface area (Å²) >= 11 is 7.85. The molecule has 0 bridgehead atoms. The van der Waals surface area contributed by atoms with Crippen LogP contribution in [0.1, 0.15) is 47.3 Å². The number of thiazole rings is 1. The van der Waals surface area contributed by atoms with E-state index >= 15 is 0 Å². The zero-order valence-corrected chi connectivity index (χ0v) is 16.9. The summed E-state index contributed by atoms with van der Waals surface area (Å²) in [7, 11) is 0. The summed E-state index contributed by atoms with van der Waals surface area (Å²) < 4.78 is 5.70. The molecule has 4 nitrogen and oxygen atoms in total. The Bertz CT molecular complexity index is 752. The molecule has 1 aromatic heterocycles. The van der Waals surface area contributed by atoms with Gasteiger partial charge in [-0.2, -0.15) is 0 Å². The number of aryl methyl sites for hydroxylation is 4. The van der Waals surface area contributed by atoms with Gasteiger partial charge in [-0.25, -0.2) is 4.98 Å². The molecule has 1 heterocycles. The van der Waals surface area contributed by atoms with E-state index in [1.54, 1.807) is 19.1 Å². The molecule has 1 aromatic carbocycles. The molecule has 0 saturated heterocycles. The third-order valence-electron chi connectivity index (χ3n) is 4.57. The molecular weight excluding hydrogens is 368 g/mol. The zero-order chi connectivity index (χ0) is 18.5. The lowest BCUT2D eigenvalue weighted by molar-refractivity contribution is -0.127. The highest BCUT2D eigenvalue weighted by molar-refractivity contribution is 7.11. The fraction of sp³-hybridized carbons (Fsp3) is 0.500. The first-order valence-corrected chi connectivity index (χ1v) is 10.4. The van der Waals surface area contributed by atoms with E-state index in [1.165, 1.54) is 34.8 Å². The predicted octanol–water partition coefficient (Wildman–Crippen LogP) is 4.50. The van der Waals surface area contributed by atoms with Crippen molar-refractivity contribution >= 4 is 28.8 Å². The lowest BCUT2D eigenvalue weighted by atomic mass is 10.0. The second-order valence-corrected chi connectivity index (χ2v) is 8.33. The predicted molar refractivity (Wildman–Crippen MR) is 106 cm³/mol. The summed E-state index contributed by atoms with van der Waals surface area (Å²) in [6.07, 6.45) is 6.13. The van der Waals surface area contributed by atoms with Gasteiger partial charge in [-0.3, -0.25) is 4.79 Å². The Hall–Kier alpha value is -1.59. The van der Waals surface area contributed by atoms with Crippen molar-refractivity contribution in [3.8, 4) is 5.75 Å². The third-order valence-corrected chi connectivity index (χ3v) is 6.21.